The van der Waals surface area contributed by atoms with Crippen LogP contribution in [0.1, 0.15) is 11.1 Å². The molecule has 4 nitrogen and oxygen atoms in total. The maximum Gasteiger partial charge on any atom is 0.171 e. The topological polar surface area (TPSA) is 31.2 Å². The largest absolute Gasteiger partial charge is 0.360 e. The molecule has 0 spiro atoms. The van der Waals surface area contributed by atoms with Gasteiger partial charge in [0.15, 0.2) is 11.7 Å². The molecule has 2 rings (SSSR count). The van der Waals surface area contributed by atoms with Gasteiger partial charge in [0.1, 0.15) is 0 Å². The fraction of sp³-hybridized carbons (Fsp3) is 0.300. The molecule has 126 valence electrons. The van der Waals surface area contributed by atoms with Crippen molar-refractivity contribution in [3.8, 4) is 0 Å². The number of likely N-dealkylation sites (N-methyl/N-ethyl adjacent to an activating group) is 2. The maximum atomic E-state index is 4.80. The van der Waals surface area contributed by atoms with Crippen molar-refractivity contribution in [1.29, 1.82) is 0 Å². The predicted molar refractivity (Wildman–Crippen MR) is 104 cm³/mol. The first-order chi connectivity index (χ1) is 11.4. The minimum absolute atomic E-state index is 0.824. The summed E-state index contributed by atoms with van der Waals surface area (Å²) in [6, 6.07) is 16.4. The highest BCUT2D eigenvalue weighted by molar-refractivity contribution is 6.40. The van der Waals surface area contributed by atoms with Crippen LogP contribution in [0.4, 0.5) is 11.4 Å². The van der Waals surface area contributed by atoms with Gasteiger partial charge < -0.3 is 9.80 Å². The highest BCUT2D eigenvalue weighted by atomic mass is 15.2. The van der Waals surface area contributed by atoms with E-state index < -0.39 is 0 Å². The Kier molecular flexibility index (Phi) is 5.74. The molecule has 0 fully saturated rings. The molecule has 0 atom stereocenters. The minimum Gasteiger partial charge on any atom is -0.360 e. The van der Waals surface area contributed by atoms with Crippen LogP contribution in [0.3, 0.4) is 0 Å². The van der Waals surface area contributed by atoms with Crippen LogP contribution < -0.4 is 0 Å². The summed E-state index contributed by atoms with van der Waals surface area (Å²) in [6.45, 7) is 4.15. The molecule has 0 aliphatic rings. The van der Waals surface area contributed by atoms with E-state index in [1.807, 2.05) is 62.3 Å². The quantitative estimate of drug-likeness (QED) is 0.613. The van der Waals surface area contributed by atoms with Gasteiger partial charge in [0, 0.05) is 28.2 Å². The van der Waals surface area contributed by atoms with Crippen LogP contribution in [0.5, 0.6) is 0 Å². The van der Waals surface area contributed by atoms with Crippen LogP contribution in [0, 0.1) is 13.8 Å². The van der Waals surface area contributed by atoms with Crippen molar-refractivity contribution in [1.82, 2.24) is 9.80 Å². The van der Waals surface area contributed by atoms with Gasteiger partial charge in [-0.15, -0.1) is 0 Å². The summed E-state index contributed by atoms with van der Waals surface area (Å²) in [6.07, 6.45) is 0. The zero-order chi connectivity index (χ0) is 17.7. The van der Waals surface area contributed by atoms with Crippen molar-refractivity contribution < 1.29 is 0 Å². The average molecular weight is 322 g/mol. The van der Waals surface area contributed by atoms with E-state index in [-0.39, 0.29) is 0 Å². The summed E-state index contributed by atoms with van der Waals surface area (Å²) in [5.74, 6) is 1.65. The molecule has 0 saturated heterocycles. The third-order valence-electron chi connectivity index (χ3n) is 3.59. The first-order valence-corrected chi connectivity index (χ1v) is 8.02. The lowest BCUT2D eigenvalue weighted by atomic mass is 10.2. The minimum atomic E-state index is 0.824. The first kappa shape index (κ1) is 17.7. The molecular formula is C20H26N4. The van der Waals surface area contributed by atoms with Crippen LogP contribution in [-0.4, -0.2) is 49.7 Å². The van der Waals surface area contributed by atoms with Gasteiger partial charge in [0.25, 0.3) is 0 Å². The van der Waals surface area contributed by atoms with E-state index in [1.54, 1.807) is 0 Å². The summed E-state index contributed by atoms with van der Waals surface area (Å²) in [4.78, 5) is 13.6. The smallest absolute Gasteiger partial charge is 0.171 e. The van der Waals surface area contributed by atoms with Crippen LogP contribution in [0.25, 0.3) is 0 Å². The fourth-order valence-electron chi connectivity index (χ4n) is 2.18. The number of nitrogens with zero attached hydrogens (tertiary/aromatic N) is 4. The van der Waals surface area contributed by atoms with Crippen molar-refractivity contribution in [3.05, 3.63) is 59.7 Å². The Labute approximate surface area is 145 Å². The van der Waals surface area contributed by atoms with Crippen molar-refractivity contribution in [2.24, 2.45) is 9.98 Å². The third kappa shape index (κ3) is 4.69. The Morgan fingerprint density at radius 3 is 1.12 bits per heavy atom. The molecule has 0 radical (unpaired) electrons. The predicted octanol–water partition coefficient (Wildman–Crippen LogP) is 4.19. The van der Waals surface area contributed by atoms with Gasteiger partial charge in [-0.2, -0.15) is 0 Å². The second-order valence-electron chi connectivity index (χ2n) is 6.33. The molecule has 0 bridgehead atoms. The van der Waals surface area contributed by atoms with Crippen LogP contribution in [-0.2, 0) is 0 Å². The molecule has 4 heteroatoms. The highest BCUT2D eigenvalue weighted by Gasteiger charge is 2.14. The SMILES string of the molecule is Cc1ccc(N=C(C(=Nc2ccc(C)cc2)N(C)C)N(C)C)cc1. The molecule has 0 saturated carbocycles. The maximum absolute atomic E-state index is 4.80. The summed E-state index contributed by atoms with van der Waals surface area (Å²) >= 11 is 0. The van der Waals surface area contributed by atoms with Crippen molar-refractivity contribution in [2.45, 2.75) is 13.8 Å². The first-order valence-electron chi connectivity index (χ1n) is 8.02. The van der Waals surface area contributed by atoms with E-state index >= 15 is 0 Å². The third-order valence-corrected chi connectivity index (χ3v) is 3.59. The lowest BCUT2D eigenvalue weighted by Crippen LogP contribution is -2.38. The lowest BCUT2D eigenvalue weighted by Gasteiger charge is -2.23. The monoisotopic (exact) mass is 322 g/mol. The summed E-state index contributed by atoms with van der Waals surface area (Å²) < 4.78 is 0. The lowest BCUT2D eigenvalue weighted by molar-refractivity contribution is 0.591. The van der Waals surface area contributed by atoms with E-state index in [0.29, 0.717) is 0 Å². The molecule has 2 aromatic carbocycles. The highest BCUT2D eigenvalue weighted by Crippen LogP contribution is 2.17. The number of hydrogen-bond donors (Lipinski definition) is 0. The van der Waals surface area contributed by atoms with Gasteiger partial charge in [-0.3, -0.25) is 0 Å². The zero-order valence-electron chi connectivity index (χ0n) is 15.4. The molecule has 0 unspecified atom stereocenters. The van der Waals surface area contributed by atoms with Crippen molar-refractivity contribution in [2.75, 3.05) is 28.2 Å². The molecular weight excluding hydrogens is 296 g/mol. The molecule has 0 aromatic heterocycles. The van der Waals surface area contributed by atoms with Gasteiger partial charge in [-0.25, -0.2) is 9.98 Å². The summed E-state index contributed by atoms with van der Waals surface area (Å²) in [7, 11) is 7.95. The number of rotatable bonds is 2. The van der Waals surface area contributed by atoms with Gasteiger partial charge in [0.05, 0.1) is 11.4 Å². The van der Waals surface area contributed by atoms with Gasteiger partial charge in [-0.1, -0.05) is 35.4 Å². The number of benzene rings is 2. The Morgan fingerprint density at radius 2 is 0.875 bits per heavy atom. The van der Waals surface area contributed by atoms with E-state index in [4.69, 9.17) is 9.98 Å². The second-order valence-corrected chi connectivity index (χ2v) is 6.33. The zero-order valence-corrected chi connectivity index (χ0v) is 15.4. The Balaban J connectivity index is 2.48. The van der Waals surface area contributed by atoms with E-state index in [1.165, 1.54) is 11.1 Å². The molecule has 2 aromatic rings. The Hall–Kier alpha value is -2.62. The number of aliphatic imine (C=N–C) groups is 2. The summed E-state index contributed by atoms with van der Waals surface area (Å²) in [5, 5.41) is 0. The van der Waals surface area contributed by atoms with E-state index in [2.05, 4.69) is 38.1 Å². The fourth-order valence-corrected chi connectivity index (χ4v) is 2.18. The molecule has 0 amide bonds. The van der Waals surface area contributed by atoms with Crippen molar-refractivity contribution >= 4 is 23.0 Å². The Morgan fingerprint density at radius 1 is 0.583 bits per heavy atom. The van der Waals surface area contributed by atoms with Crippen LogP contribution >= 0.6 is 0 Å². The number of aryl methyl sites for hydroxylation is 2. The molecule has 0 heterocycles. The molecule has 0 N–H and O–H groups in total. The Bertz CT molecular complexity index is 658. The second kappa shape index (κ2) is 7.77. The van der Waals surface area contributed by atoms with Gasteiger partial charge in [-0.05, 0) is 38.1 Å². The van der Waals surface area contributed by atoms with Crippen LogP contribution in [0.2, 0.25) is 0 Å². The molecule has 0 aliphatic carbocycles. The van der Waals surface area contributed by atoms with E-state index in [0.717, 1.165) is 23.0 Å². The average Bonchev–Trinajstić information content (AvgIpc) is 2.54. The molecule has 24 heavy (non-hydrogen) atoms. The summed E-state index contributed by atoms with van der Waals surface area (Å²) in [5.41, 5.74) is 4.29. The number of hydrogen-bond acceptors (Lipinski definition) is 2. The van der Waals surface area contributed by atoms with Gasteiger partial charge >= 0.3 is 0 Å². The number of amidine groups is 2. The molecule has 0 aliphatic heterocycles. The van der Waals surface area contributed by atoms with Gasteiger partial charge in [0.2, 0.25) is 0 Å². The standard InChI is InChI=1S/C20H26N4/c1-15-7-11-17(12-8-15)21-19(23(3)4)20(24(5)6)22-18-13-9-16(2)10-14-18/h7-14H,1-6H3. The van der Waals surface area contributed by atoms with Crippen molar-refractivity contribution in [3.63, 3.8) is 0 Å². The van der Waals surface area contributed by atoms with E-state index in [9.17, 15) is 0 Å². The van der Waals surface area contributed by atoms with Crippen LogP contribution in [0.15, 0.2) is 58.5 Å². The normalized spacial score (nSPS) is 12.2.